The Balaban J connectivity index is 2.46. The van der Waals surface area contributed by atoms with Crippen molar-refractivity contribution in [2.24, 2.45) is 0 Å². The second kappa shape index (κ2) is 8.08. The molecule has 0 bridgehead atoms. The lowest BCUT2D eigenvalue weighted by Gasteiger charge is -2.24. The fourth-order valence-electron chi connectivity index (χ4n) is 1.60. The van der Waals surface area contributed by atoms with Crippen LogP contribution >= 0.6 is 11.8 Å². The molecule has 122 valence electrons. The normalized spacial score (nSPS) is 12.5. The first-order valence-corrected chi connectivity index (χ1v) is 8.16. The summed E-state index contributed by atoms with van der Waals surface area (Å²) in [5.41, 5.74) is 1.60. The molecule has 0 fully saturated rings. The third kappa shape index (κ3) is 7.36. The Morgan fingerprint density at radius 1 is 1.27 bits per heavy atom. The molecule has 6 heteroatoms. The molecule has 0 radical (unpaired) electrons. The van der Waals surface area contributed by atoms with Crippen LogP contribution in [-0.4, -0.2) is 29.5 Å². The number of amides is 1. The number of ether oxygens (including phenoxy) is 1. The van der Waals surface area contributed by atoms with Gasteiger partial charge >= 0.3 is 6.09 Å². The Bertz CT molecular complexity index is 508. The van der Waals surface area contributed by atoms with E-state index in [0.717, 1.165) is 5.56 Å². The van der Waals surface area contributed by atoms with E-state index in [-0.39, 0.29) is 5.75 Å². The lowest BCUT2D eigenvalue weighted by Crippen LogP contribution is -2.50. The third-order valence-corrected chi connectivity index (χ3v) is 3.76. The second-order valence-electron chi connectivity index (χ2n) is 6.02. The number of carbonyl (C=O) groups excluding carboxylic acids is 2. The average Bonchev–Trinajstić information content (AvgIpc) is 2.37. The number of rotatable bonds is 6. The van der Waals surface area contributed by atoms with Crippen LogP contribution in [0.5, 0.6) is 0 Å². The van der Waals surface area contributed by atoms with Crippen molar-refractivity contribution in [3.8, 4) is 0 Å². The van der Waals surface area contributed by atoms with Crippen molar-refractivity contribution >= 4 is 23.8 Å². The Morgan fingerprint density at radius 3 is 2.36 bits per heavy atom. The molecule has 0 saturated carbocycles. The van der Waals surface area contributed by atoms with Crippen LogP contribution in [0.2, 0.25) is 0 Å². The number of hydrogen-bond donors (Lipinski definition) is 1. The maximum atomic E-state index is 11.6. The number of carboxylic acid groups (broad SMARTS) is 1. The van der Waals surface area contributed by atoms with Gasteiger partial charge in [-0.2, -0.15) is 11.8 Å². The van der Waals surface area contributed by atoms with Gasteiger partial charge in [-0.25, -0.2) is 4.79 Å². The Labute approximate surface area is 135 Å². The highest BCUT2D eigenvalue weighted by Crippen LogP contribution is 2.14. The molecule has 0 aliphatic heterocycles. The standard InChI is InChI=1S/C16H23NO4S/c1-11-5-7-12(8-6-11)9-22-10-13(14(18)19)17-15(20)21-16(2,3)4/h5-8,13H,9-10H2,1-4H3,(H,17,20)(H,18,19)/p-1/t13-/m0/s1. The number of hydrogen-bond acceptors (Lipinski definition) is 5. The molecule has 1 amide bonds. The van der Waals surface area contributed by atoms with Crippen LogP contribution in [-0.2, 0) is 15.3 Å². The maximum Gasteiger partial charge on any atom is 0.408 e. The highest BCUT2D eigenvalue weighted by molar-refractivity contribution is 7.98. The third-order valence-electron chi connectivity index (χ3n) is 2.65. The van der Waals surface area contributed by atoms with E-state index in [1.807, 2.05) is 31.2 Å². The Hall–Kier alpha value is -1.69. The summed E-state index contributed by atoms with van der Waals surface area (Å²) in [6.07, 6.45) is -0.752. The monoisotopic (exact) mass is 324 g/mol. The van der Waals surface area contributed by atoms with E-state index in [0.29, 0.717) is 5.75 Å². The molecule has 0 aromatic heterocycles. The molecule has 0 unspecified atom stereocenters. The number of aliphatic carboxylic acids is 1. The van der Waals surface area contributed by atoms with Crippen LogP contribution in [0.1, 0.15) is 31.9 Å². The van der Waals surface area contributed by atoms with Gasteiger partial charge in [0.25, 0.3) is 0 Å². The van der Waals surface area contributed by atoms with E-state index in [1.165, 1.54) is 17.3 Å². The van der Waals surface area contributed by atoms with Crippen LogP contribution in [0.4, 0.5) is 4.79 Å². The summed E-state index contributed by atoms with van der Waals surface area (Å²) in [6, 6.07) is 6.93. The lowest BCUT2D eigenvalue weighted by atomic mass is 10.2. The van der Waals surface area contributed by atoms with E-state index in [2.05, 4.69) is 5.32 Å². The highest BCUT2D eigenvalue weighted by atomic mass is 32.2. The molecular weight excluding hydrogens is 302 g/mol. The van der Waals surface area contributed by atoms with Gasteiger partial charge in [0, 0.05) is 11.5 Å². The minimum absolute atomic E-state index is 0.218. The minimum Gasteiger partial charge on any atom is -0.548 e. The van der Waals surface area contributed by atoms with Crippen LogP contribution in [0.15, 0.2) is 24.3 Å². The van der Waals surface area contributed by atoms with Crippen molar-refractivity contribution in [1.29, 1.82) is 0 Å². The Kier molecular flexibility index (Phi) is 6.74. The first-order chi connectivity index (χ1) is 10.2. The predicted octanol–water partition coefficient (Wildman–Crippen LogP) is 1.87. The fourth-order valence-corrected chi connectivity index (χ4v) is 2.60. The summed E-state index contributed by atoms with van der Waals surface area (Å²) in [5, 5.41) is 13.4. The van der Waals surface area contributed by atoms with Crippen molar-refractivity contribution in [2.45, 2.75) is 45.1 Å². The van der Waals surface area contributed by atoms with Crippen molar-refractivity contribution in [1.82, 2.24) is 5.32 Å². The molecular formula is C16H22NO4S-. The number of aryl methyl sites for hydroxylation is 1. The van der Waals surface area contributed by atoms with Crippen LogP contribution < -0.4 is 10.4 Å². The van der Waals surface area contributed by atoms with Crippen molar-refractivity contribution in [3.63, 3.8) is 0 Å². The smallest absolute Gasteiger partial charge is 0.408 e. The molecule has 0 spiro atoms. The van der Waals surface area contributed by atoms with E-state index in [9.17, 15) is 14.7 Å². The average molecular weight is 324 g/mol. The zero-order valence-electron chi connectivity index (χ0n) is 13.3. The van der Waals surface area contributed by atoms with E-state index >= 15 is 0 Å². The minimum atomic E-state index is -1.32. The van der Waals surface area contributed by atoms with E-state index in [4.69, 9.17) is 4.74 Å². The lowest BCUT2D eigenvalue weighted by molar-refractivity contribution is -0.307. The number of carbonyl (C=O) groups is 2. The van der Waals surface area contributed by atoms with Crippen molar-refractivity contribution in [2.75, 3.05) is 5.75 Å². The molecule has 1 aromatic carbocycles. The molecule has 0 heterocycles. The van der Waals surface area contributed by atoms with Crippen LogP contribution in [0.3, 0.4) is 0 Å². The van der Waals surface area contributed by atoms with Crippen LogP contribution in [0, 0.1) is 6.92 Å². The summed E-state index contributed by atoms with van der Waals surface area (Å²) in [6.45, 7) is 7.15. The van der Waals surface area contributed by atoms with Crippen LogP contribution in [0.25, 0.3) is 0 Å². The largest absolute Gasteiger partial charge is 0.548 e. The van der Waals surface area contributed by atoms with Gasteiger partial charge in [0.1, 0.15) is 5.60 Å². The fraction of sp³-hybridized carbons (Fsp3) is 0.500. The first-order valence-electron chi connectivity index (χ1n) is 7.01. The molecule has 0 aliphatic rings. The number of alkyl carbamates (subject to hydrolysis) is 1. The van der Waals surface area contributed by atoms with E-state index < -0.39 is 23.7 Å². The zero-order valence-corrected chi connectivity index (χ0v) is 14.2. The molecule has 0 aliphatic carbocycles. The van der Waals surface area contributed by atoms with Crippen molar-refractivity contribution < 1.29 is 19.4 Å². The van der Waals surface area contributed by atoms with Gasteiger partial charge in [-0.05, 0) is 33.3 Å². The van der Waals surface area contributed by atoms with Gasteiger partial charge in [-0.15, -0.1) is 0 Å². The quantitative estimate of drug-likeness (QED) is 0.864. The van der Waals surface area contributed by atoms with Gasteiger partial charge in [-0.3, -0.25) is 0 Å². The van der Waals surface area contributed by atoms with E-state index in [1.54, 1.807) is 20.8 Å². The topological polar surface area (TPSA) is 78.5 Å². The molecule has 22 heavy (non-hydrogen) atoms. The molecule has 5 nitrogen and oxygen atoms in total. The first kappa shape index (κ1) is 18.4. The predicted molar refractivity (Wildman–Crippen MR) is 85.5 cm³/mol. The summed E-state index contributed by atoms with van der Waals surface area (Å²) in [7, 11) is 0. The molecule has 1 atom stereocenters. The van der Waals surface area contributed by atoms with Gasteiger partial charge in [-0.1, -0.05) is 29.8 Å². The van der Waals surface area contributed by atoms with Gasteiger partial charge in [0.05, 0.1) is 12.0 Å². The maximum absolute atomic E-state index is 11.6. The van der Waals surface area contributed by atoms with Gasteiger partial charge in [0.15, 0.2) is 0 Å². The van der Waals surface area contributed by atoms with Crippen molar-refractivity contribution in [3.05, 3.63) is 35.4 Å². The summed E-state index contributed by atoms with van der Waals surface area (Å²) in [5.74, 6) is -0.433. The molecule has 1 N–H and O–H groups in total. The second-order valence-corrected chi connectivity index (χ2v) is 7.05. The number of thioether (sulfide) groups is 1. The number of carboxylic acids is 1. The van der Waals surface area contributed by atoms with Gasteiger partial charge in [0.2, 0.25) is 0 Å². The van der Waals surface area contributed by atoms with Gasteiger partial charge < -0.3 is 20.0 Å². The Morgan fingerprint density at radius 2 is 1.86 bits per heavy atom. The molecule has 0 saturated heterocycles. The highest BCUT2D eigenvalue weighted by Gasteiger charge is 2.20. The molecule has 1 aromatic rings. The summed E-state index contributed by atoms with van der Waals surface area (Å²) < 4.78 is 5.05. The number of nitrogens with one attached hydrogen (secondary N) is 1. The zero-order chi connectivity index (χ0) is 16.8. The summed E-state index contributed by atoms with van der Waals surface area (Å²) >= 11 is 1.42. The SMILES string of the molecule is Cc1ccc(CSC[C@H](NC(=O)OC(C)(C)C)C(=O)[O-])cc1. The molecule has 1 rings (SSSR count). The number of benzene rings is 1. The summed E-state index contributed by atoms with van der Waals surface area (Å²) in [4.78, 5) is 22.7.